The number of benzene rings is 2. The maximum Gasteiger partial charge on any atom is 0.328 e. The zero-order valence-corrected chi connectivity index (χ0v) is 21.0. The monoisotopic (exact) mass is 516 g/mol. The SMILES string of the molecule is COC(=O)C(Cc1ccc([N+](=O)[O-])cc1)NC(=O)c1ccc2c(c1)nc(-c1ccoc1)n2C1CCCCC1. The normalized spacial score (nSPS) is 14.8. The first kappa shape index (κ1) is 25.2. The maximum atomic E-state index is 13.2. The van der Waals surface area contributed by atoms with Crippen molar-refractivity contribution in [2.24, 2.45) is 0 Å². The number of furan rings is 1. The summed E-state index contributed by atoms with van der Waals surface area (Å²) in [7, 11) is 1.25. The summed E-state index contributed by atoms with van der Waals surface area (Å²) in [5.41, 5.74) is 3.47. The predicted octanol–water partition coefficient (Wildman–Crippen LogP) is 5.22. The summed E-state index contributed by atoms with van der Waals surface area (Å²) in [6, 6.07) is 12.4. The number of carbonyl (C=O) groups excluding carboxylic acids is 2. The van der Waals surface area contributed by atoms with Gasteiger partial charge in [-0.15, -0.1) is 0 Å². The first-order chi connectivity index (χ1) is 18.4. The number of hydrogen-bond donors (Lipinski definition) is 1. The Kier molecular flexibility index (Phi) is 7.21. The number of ether oxygens (including phenoxy) is 1. The van der Waals surface area contributed by atoms with Crippen LogP contribution in [0.4, 0.5) is 5.69 Å². The van der Waals surface area contributed by atoms with Gasteiger partial charge in [-0.3, -0.25) is 14.9 Å². The van der Waals surface area contributed by atoms with Crippen molar-refractivity contribution in [1.29, 1.82) is 0 Å². The Balaban J connectivity index is 1.42. The van der Waals surface area contributed by atoms with Crippen LogP contribution in [0.3, 0.4) is 0 Å². The van der Waals surface area contributed by atoms with Crippen LogP contribution < -0.4 is 5.32 Å². The molecular formula is C28H28N4O6. The van der Waals surface area contributed by atoms with Gasteiger partial charge >= 0.3 is 5.97 Å². The highest BCUT2D eigenvalue weighted by Gasteiger charge is 2.26. The van der Waals surface area contributed by atoms with E-state index in [2.05, 4.69) is 9.88 Å². The molecule has 4 aromatic rings. The van der Waals surface area contributed by atoms with Crippen molar-refractivity contribution < 1.29 is 23.7 Å². The lowest BCUT2D eigenvalue weighted by atomic mass is 9.95. The smallest absolute Gasteiger partial charge is 0.328 e. The number of aromatic nitrogens is 2. The molecule has 10 heteroatoms. The first-order valence-corrected chi connectivity index (χ1v) is 12.6. The maximum absolute atomic E-state index is 13.2. The van der Waals surface area contributed by atoms with Gasteiger partial charge in [-0.1, -0.05) is 31.4 Å². The van der Waals surface area contributed by atoms with E-state index in [-0.39, 0.29) is 12.1 Å². The summed E-state index contributed by atoms with van der Waals surface area (Å²) in [6.45, 7) is 0. The Morgan fingerprint density at radius 3 is 2.58 bits per heavy atom. The van der Waals surface area contributed by atoms with Crippen molar-refractivity contribution in [2.75, 3.05) is 7.11 Å². The number of amides is 1. The summed E-state index contributed by atoms with van der Waals surface area (Å²) in [5.74, 6) is -0.244. The van der Waals surface area contributed by atoms with Gasteiger partial charge in [0.15, 0.2) is 0 Å². The van der Waals surface area contributed by atoms with Crippen LogP contribution in [0.2, 0.25) is 0 Å². The zero-order chi connectivity index (χ0) is 26.6. The van der Waals surface area contributed by atoms with Crippen LogP contribution in [0.1, 0.15) is 54.1 Å². The molecule has 1 aliphatic carbocycles. The van der Waals surface area contributed by atoms with Crippen LogP contribution in [0.5, 0.6) is 0 Å². The Bertz CT molecular complexity index is 1450. The molecule has 38 heavy (non-hydrogen) atoms. The second kappa shape index (κ2) is 10.9. The van der Waals surface area contributed by atoms with Crippen molar-refractivity contribution in [3.8, 4) is 11.4 Å². The number of carbonyl (C=O) groups is 2. The fourth-order valence-electron chi connectivity index (χ4n) is 5.11. The minimum Gasteiger partial charge on any atom is -0.472 e. The van der Waals surface area contributed by atoms with Gasteiger partial charge in [0.05, 0.1) is 34.9 Å². The first-order valence-electron chi connectivity index (χ1n) is 12.6. The molecule has 0 aliphatic heterocycles. The number of methoxy groups -OCH3 is 1. The van der Waals surface area contributed by atoms with Gasteiger partial charge < -0.3 is 19.0 Å². The minimum atomic E-state index is -0.967. The molecule has 5 rings (SSSR count). The highest BCUT2D eigenvalue weighted by atomic mass is 16.6. The van der Waals surface area contributed by atoms with E-state index in [9.17, 15) is 19.7 Å². The second-order valence-electron chi connectivity index (χ2n) is 9.49. The molecule has 196 valence electrons. The quantitative estimate of drug-likeness (QED) is 0.193. The molecule has 0 spiro atoms. The third kappa shape index (κ3) is 5.15. The van der Waals surface area contributed by atoms with Crippen LogP contribution in [-0.2, 0) is 16.0 Å². The van der Waals surface area contributed by atoms with Crippen LogP contribution in [-0.4, -0.2) is 39.5 Å². The number of nitrogens with one attached hydrogen (secondary N) is 1. The van der Waals surface area contributed by atoms with E-state index in [1.807, 2.05) is 12.1 Å². The molecule has 1 atom stereocenters. The van der Waals surface area contributed by atoms with Gasteiger partial charge in [0.2, 0.25) is 0 Å². The third-order valence-corrected chi connectivity index (χ3v) is 7.05. The summed E-state index contributed by atoms with van der Waals surface area (Å²) >= 11 is 0. The lowest BCUT2D eigenvalue weighted by Crippen LogP contribution is -2.43. The van der Waals surface area contributed by atoms with E-state index in [0.29, 0.717) is 22.7 Å². The average Bonchev–Trinajstić information content (AvgIpc) is 3.60. The Hall–Kier alpha value is -4.47. The van der Waals surface area contributed by atoms with E-state index in [1.54, 1.807) is 36.8 Å². The second-order valence-corrected chi connectivity index (χ2v) is 9.49. The largest absolute Gasteiger partial charge is 0.472 e. The third-order valence-electron chi connectivity index (χ3n) is 7.05. The number of rotatable bonds is 8. The van der Waals surface area contributed by atoms with Crippen molar-refractivity contribution in [3.63, 3.8) is 0 Å². The van der Waals surface area contributed by atoms with E-state index in [1.165, 1.54) is 38.5 Å². The molecule has 1 saturated carbocycles. The van der Waals surface area contributed by atoms with Crippen molar-refractivity contribution >= 4 is 28.6 Å². The molecule has 1 amide bonds. The number of non-ortho nitro benzene ring substituents is 1. The van der Waals surface area contributed by atoms with Crippen molar-refractivity contribution in [2.45, 2.75) is 50.6 Å². The fraction of sp³-hybridized carbons (Fsp3) is 0.321. The number of fused-ring (bicyclic) bond motifs is 1. The van der Waals surface area contributed by atoms with E-state index < -0.39 is 22.8 Å². The molecule has 2 aromatic carbocycles. The highest BCUT2D eigenvalue weighted by molar-refractivity contribution is 5.99. The molecule has 10 nitrogen and oxygen atoms in total. The molecule has 1 fully saturated rings. The summed E-state index contributed by atoms with van der Waals surface area (Å²) < 4.78 is 12.5. The number of nitrogens with zero attached hydrogens (tertiary/aromatic N) is 3. The number of nitro groups is 1. The van der Waals surface area contributed by atoms with Gasteiger partial charge in [-0.25, -0.2) is 9.78 Å². The molecule has 1 aliphatic rings. The molecule has 0 radical (unpaired) electrons. The van der Waals surface area contributed by atoms with Gasteiger partial charge in [-0.2, -0.15) is 0 Å². The zero-order valence-electron chi connectivity index (χ0n) is 21.0. The molecule has 0 bridgehead atoms. The van der Waals surface area contributed by atoms with Gasteiger partial charge in [-0.05, 0) is 42.7 Å². The molecule has 2 heterocycles. The summed E-state index contributed by atoms with van der Waals surface area (Å²) in [6.07, 6.45) is 9.13. The molecule has 2 aromatic heterocycles. The van der Waals surface area contributed by atoms with E-state index >= 15 is 0 Å². The molecule has 1 N–H and O–H groups in total. The van der Waals surface area contributed by atoms with Crippen molar-refractivity contribution in [3.05, 3.63) is 82.3 Å². The van der Waals surface area contributed by atoms with E-state index in [4.69, 9.17) is 14.1 Å². The summed E-state index contributed by atoms with van der Waals surface area (Å²) in [4.78, 5) is 41.0. The van der Waals surface area contributed by atoms with Crippen LogP contribution in [0.15, 0.2) is 65.5 Å². The Labute approximate surface area is 218 Å². The van der Waals surface area contributed by atoms with Crippen molar-refractivity contribution in [1.82, 2.24) is 14.9 Å². The van der Waals surface area contributed by atoms with Crippen LogP contribution in [0, 0.1) is 10.1 Å². The number of esters is 1. The number of nitro benzene ring substituents is 1. The van der Waals surface area contributed by atoms with Crippen LogP contribution in [0.25, 0.3) is 22.4 Å². The highest BCUT2D eigenvalue weighted by Crippen LogP contribution is 2.36. The summed E-state index contributed by atoms with van der Waals surface area (Å²) in [5, 5.41) is 13.7. The number of imidazole rings is 1. The number of hydrogen-bond acceptors (Lipinski definition) is 7. The average molecular weight is 517 g/mol. The predicted molar refractivity (Wildman–Crippen MR) is 140 cm³/mol. The Morgan fingerprint density at radius 1 is 1.16 bits per heavy atom. The topological polar surface area (TPSA) is 130 Å². The van der Waals surface area contributed by atoms with Crippen LogP contribution >= 0.6 is 0 Å². The lowest BCUT2D eigenvalue weighted by Gasteiger charge is -2.25. The molecule has 1 unspecified atom stereocenters. The molecule has 0 saturated heterocycles. The molecular weight excluding hydrogens is 488 g/mol. The van der Waals surface area contributed by atoms with Gasteiger partial charge in [0.1, 0.15) is 18.1 Å². The van der Waals surface area contributed by atoms with Gasteiger partial charge in [0, 0.05) is 30.2 Å². The fourth-order valence-corrected chi connectivity index (χ4v) is 5.11. The van der Waals surface area contributed by atoms with E-state index in [0.717, 1.165) is 29.7 Å². The minimum absolute atomic E-state index is 0.0526. The Morgan fingerprint density at radius 2 is 1.92 bits per heavy atom. The lowest BCUT2D eigenvalue weighted by molar-refractivity contribution is -0.384. The standard InChI is InChI=1S/C28H28N4O6/c1-37-28(34)24(15-18-7-10-22(11-8-18)32(35)36)30-27(33)19-9-12-25-23(16-19)29-26(20-13-14-38-17-20)31(25)21-5-3-2-4-6-21/h7-14,16-17,21,24H,2-6,15H2,1H3,(H,30,33). The van der Waals surface area contributed by atoms with Gasteiger partial charge in [0.25, 0.3) is 11.6 Å².